The maximum Gasteiger partial charge on any atom is 0.234 e. The van der Waals surface area contributed by atoms with Gasteiger partial charge in [0.1, 0.15) is 0 Å². The third-order valence-corrected chi connectivity index (χ3v) is 8.51. The van der Waals surface area contributed by atoms with Crippen molar-refractivity contribution in [1.29, 1.82) is 0 Å². The van der Waals surface area contributed by atoms with Crippen LogP contribution in [-0.2, 0) is 27.7 Å². The Hall–Kier alpha value is -2.23. The number of benzene rings is 1. The van der Waals surface area contributed by atoms with E-state index in [1.54, 1.807) is 0 Å². The average Bonchev–Trinajstić information content (AvgIpc) is 3.42. The summed E-state index contributed by atoms with van der Waals surface area (Å²) in [6.07, 6.45) is 1.59. The average molecular weight is 474 g/mol. The van der Waals surface area contributed by atoms with Crippen molar-refractivity contribution in [3.63, 3.8) is 0 Å². The van der Waals surface area contributed by atoms with Gasteiger partial charge < -0.3 is 5.32 Å². The molecule has 0 bridgehead atoms. The zero-order valence-corrected chi connectivity index (χ0v) is 20.6. The van der Waals surface area contributed by atoms with Gasteiger partial charge in [0.15, 0.2) is 9.84 Å². The van der Waals surface area contributed by atoms with Crippen LogP contribution in [0.4, 0.5) is 0 Å². The number of carbonyl (C=O) groups is 1. The van der Waals surface area contributed by atoms with Gasteiger partial charge in [-0.3, -0.25) is 19.3 Å². The molecule has 2 atom stereocenters. The van der Waals surface area contributed by atoms with E-state index in [4.69, 9.17) is 0 Å². The number of aromatic nitrogens is 2. The SMILES string of the molecule is Cc1nn([C@@H]2CCS(=O)(=O)C2)c(C)c1CN(C)CC(=O)N[C@H]1CCN(Cc2ccccc2)C1. The zero-order valence-electron chi connectivity index (χ0n) is 19.8. The van der Waals surface area contributed by atoms with Crippen molar-refractivity contribution in [2.45, 2.75) is 51.9 Å². The van der Waals surface area contributed by atoms with E-state index in [-0.39, 0.29) is 29.5 Å². The number of hydrogen-bond donors (Lipinski definition) is 1. The Balaban J connectivity index is 1.27. The summed E-state index contributed by atoms with van der Waals surface area (Å²) in [5.41, 5.74) is 4.26. The summed E-state index contributed by atoms with van der Waals surface area (Å²) in [7, 11) is -1.03. The van der Waals surface area contributed by atoms with Crippen molar-refractivity contribution in [3.05, 3.63) is 52.8 Å². The number of hydrogen-bond acceptors (Lipinski definition) is 6. The number of amides is 1. The van der Waals surface area contributed by atoms with Crippen molar-refractivity contribution in [2.24, 2.45) is 0 Å². The van der Waals surface area contributed by atoms with E-state index in [1.165, 1.54) is 5.56 Å². The van der Waals surface area contributed by atoms with Gasteiger partial charge in [-0.2, -0.15) is 5.10 Å². The molecule has 0 aliphatic carbocycles. The van der Waals surface area contributed by atoms with Crippen LogP contribution >= 0.6 is 0 Å². The lowest BCUT2D eigenvalue weighted by Gasteiger charge is -2.20. The number of nitrogens with one attached hydrogen (secondary N) is 1. The molecule has 180 valence electrons. The van der Waals surface area contributed by atoms with E-state index in [1.807, 2.05) is 36.5 Å². The van der Waals surface area contributed by atoms with E-state index < -0.39 is 9.84 Å². The highest BCUT2D eigenvalue weighted by Gasteiger charge is 2.31. The summed E-state index contributed by atoms with van der Waals surface area (Å²) >= 11 is 0. The molecule has 1 aromatic carbocycles. The van der Waals surface area contributed by atoms with Crippen LogP contribution in [0.3, 0.4) is 0 Å². The molecule has 1 N–H and O–H groups in total. The molecule has 33 heavy (non-hydrogen) atoms. The van der Waals surface area contributed by atoms with Gasteiger partial charge in [-0.25, -0.2) is 8.42 Å². The van der Waals surface area contributed by atoms with Crippen LogP contribution in [0.1, 0.15) is 41.4 Å². The number of likely N-dealkylation sites (tertiary alicyclic amines) is 1. The molecule has 4 rings (SSSR count). The zero-order chi connectivity index (χ0) is 23.6. The maximum absolute atomic E-state index is 12.7. The fourth-order valence-corrected chi connectivity index (χ4v) is 6.72. The molecule has 0 saturated carbocycles. The van der Waals surface area contributed by atoms with E-state index in [0.717, 1.165) is 43.0 Å². The minimum atomic E-state index is -2.96. The lowest BCUT2D eigenvalue weighted by atomic mass is 10.1. The predicted molar refractivity (Wildman–Crippen MR) is 129 cm³/mol. The van der Waals surface area contributed by atoms with Gasteiger partial charge in [-0.05, 0) is 39.3 Å². The first-order chi connectivity index (χ1) is 15.7. The van der Waals surface area contributed by atoms with Crippen molar-refractivity contribution < 1.29 is 13.2 Å². The Morgan fingerprint density at radius 3 is 2.67 bits per heavy atom. The fraction of sp³-hybridized carbons (Fsp3) is 0.583. The quantitative estimate of drug-likeness (QED) is 0.628. The molecule has 3 heterocycles. The van der Waals surface area contributed by atoms with Crippen molar-refractivity contribution >= 4 is 15.7 Å². The lowest BCUT2D eigenvalue weighted by molar-refractivity contribution is -0.122. The molecule has 2 saturated heterocycles. The number of carbonyl (C=O) groups excluding carboxylic acids is 1. The molecule has 2 aromatic rings. The van der Waals surface area contributed by atoms with Crippen LogP contribution < -0.4 is 5.32 Å². The van der Waals surface area contributed by atoms with E-state index >= 15 is 0 Å². The molecule has 2 aliphatic rings. The van der Waals surface area contributed by atoms with Crippen molar-refractivity contribution in [2.75, 3.05) is 38.2 Å². The molecule has 0 radical (unpaired) electrons. The van der Waals surface area contributed by atoms with Crippen LogP contribution in [0.25, 0.3) is 0 Å². The highest BCUT2D eigenvalue weighted by molar-refractivity contribution is 7.91. The largest absolute Gasteiger partial charge is 0.351 e. The van der Waals surface area contributed by atoms with Crippen LogP contribution in [0.5, 0.6) is 0 Å². The highest BCUT2D eigenvalue weighted by atomic mass is 32.2. The second kappa shape index (κ2) is 9.95. The summed E-state index contributed by atoms with van der Waals surface area (Å²) < 4.78 is 25.6. The fourth-order valence-electron chi connectivity index (χ4n) is 5.03. The minimum absolute atomic E-state index is 0.0358. The summed E-state index contributed by atoms with van der Waals surface area (Å²) in [5, 5.41) is 7.83. The maximum atomic E-state index is 12.7. The third-order valence-electron chi connectivity index (χ3n) is 6.76. The Morgan fingerprint density at radius 2 is 1.97 bits per heavy atom. The van der Waals surface area contributed by atoms with Gasteiger partial charge in [0.25, 0.3) is 0 Å². The molecule has 9 heteroatoms. The first-order valence-corrected chi connectivity index (χ1v) is 13.5. The third kappa shape index (κ3) is 6.02. The Kier molecular flexibility index (Phi) is 7.21. The van der Waals surface area contributed by atoms with Crippen LogP contribution in [0, 0.1) is 13.8 Å². The van der Waals surface area contributed by atoms with Crippen LogP contribution in [-0.4, -0.2) is 78.1 Å². The summed E-state index contributed by atoms with van der Waals surface area (Å²) in [5.74, 6) is 0.429. The number of likely N-dealkylation sites (N-methyl/N-ethyl adjacent to an activating group) is 1. The topological polar surface area (TPSA) is 87.5 Å². The molecule has 0 spiro atoms. The second-order valence-corrected chi connectivity index (χ2v) is 11.8. The minimum Gasteiger partial charge on any atom is -0.351 e. The molecule has 1 amide bonds. The van der Waals surface area contributed by atoms with Gasteiger partial charge in [0, 0.05) is 43.5 Å². The summed E-state index contributed by atoms with van der Waals surface area (Å²) in [6.45, 7) is 7.65. The van der Waals surface area contributed by atoms with Crippen LogP contribution in [0.15, 0.2) is 30.3 Å². The van der Waals surface area contributed by atoms with Gasteiger partial charge in [0.05, 0.1) is 29.8 Å². The molecule has 2 fully saturated rings. The number of sulfone groups is 1. The van der Waals surface area contributed by atoms with Gasteiger partial charge in [-0.1, -0.05) is 30.3 Å². The highest BCUT2D eigenvalue weighted by Crippen LogP contribution is 2.27. The molecule has 2 aliphatic heterocycles. The number of rotatable bonds is 8. The molecular weight excluding hydrogens is 438 g/mol. The van der Waals surface area contributed by atoms with Crippen LogP contribution in [0.2, 0.25) is 0 Å². The molecule has 8 nitrogen and oxygen atoms in total. The van der Waals surface area contributed by atoms with Crippen molar-refractivity contribution in [1.82, 2.24) is 24.9 Å². The molecular formula is C24H35N5O3S. The standard InChI is InChI=1S/C24H35N5O3S/c1-18-23(19(2)29(26-18)22-10-12-33(31,32)17-22)15-27(3)16-24(30)25-21-9-11-28(14-21)13-20-7-5-4-6-8-20/h4-8,21-22H,9-17H2,1-3H3,(H,25,30)/t21-,22+/m0/s1. The monoisotopic (exact) mass is 473 g/mol. The van der Waals surface area contributed by atoms with Crippen molar-refractivity contribution in [3.8, 4) is 0 Å². The van der Waals surface area contributed by atoms with E-state index in [9.17, 15) is 13.2 Å². The second-order valence-electron chi connectivity index (χ2n) is 9.60. The lowest BCUT2D eigenvalue weighted by Crippen LogP contribution is -2.42. The Morgan fingerprint density at radius 1 is 1.21 bits per heavy atom. The van der Waals surface area contributed by atoms with Gasteiger partial charge in [0.2, 0.25) is 5.91 Å². The smallest absolute Gasteiger partial charge is 0.234 e. The Labute approximate surface area is 196 Å². The summed E-state index contributed by atoms with van der Waals surface area (Å²) in [6, 6.07) is 10.5. The molecule has 0 unspecified atom stereocenters. The first-order valence-electron chi connectivity index (χ1n) is 11.7. The Bertz CT molecular complexity index is 1080. The molecule has 1 aromatic heterocycles. The van der Waals surface area contributed by atoms with Gasteiger partial charge >= 0.3 is 0 Å². The van der Waals surface area contributed by atoms with E-state index in [2.05, 4.69) is 39.6 Å². The normalized spacial score (nSPS) is 22.8. The predicted octanol–water partition coefficient (Wildman–Crippen LogP) is 1.68. The first kappa shape index (κ1) is 23.9. The number of aryl methyl sites for hydroxylation is 1. The van der Waals surface area contributed by atoms with Gasteiger partial charge in [-0.15, -0.1) is 0 Å². The van der Waals surface area contributed by atoms with E-state index in [0.29, 0.717) is 19.5 Å². The summed E-state index contributed by atoms with van der Waals surface area (Å²) in [4.78, 5) is 17.0. The number of nitrogens with zero attached hydrogens (tertiary/aromatic N) is 4.